The summed E-state index contributed by atoms with van der Waals surface area (Å²) in [6, 6.07) is 8.32. The molecule has 0 saturated carbocycles. The van der Waals surface area contributed by atoms with Crippen LogP contribution in [0.4, 0.5) is 5.69 Å². The molecule has 0 bridgehead atoms. The summed E-state index contributed by atoms with van der Waals surface area (Å²) in [6.45, 7) is 6.39. The quantitative estimate of drug-likeness (QED) is 0.486. The van der Waals surface area contributed by atoms with E-state index in [0.29, 0.717) is 11.9 Å². The minimum atomic E-state index is -0.442. The molecule has 1 aliphatic rings. The zero-order chi connectivity index (χ0) is 16.2. The van der Waals surface area contributed by atoms with Crippen LogP contribution in [0.1, 0.15) is 51.5 Å². The van der Waals surface area contributed by atoms with E-state index < -0.39 is 5.66 Å². The van der Waals surface area contributed by atoms with Gasteiger partial charge in [0.05, 0.1) is 0 Å². The van der Waals surface area contributed by atoms with Crippen molar-refractivity contribution >= 4 is 17.6 Å². The fraction of sp³-hybridized carbons (Fsp3) is 0.529. The van der Waals surface area contributed by atoms with Gasteiger partial charge in [-0.3, -0.25) is 5.73 Å². The van der Waals surface area contributed by atoms with E-state index in [1.807, 2.05) is 0 Å². The van der Waals surface area contributed by atoms with Gasteiger partial charge >= 0.3 is 5.96 Å². The molecule has 6 heteroatoms. The normalized spacial score (nSPS) is 20.6. The van der Waals surface area contributed by atoms with E-state index in [0.717, 1.165) is 18.5 Å². The van der Waals surface area contributed by atoms with Gasteiger partial charge in [0.15, 0.2) is 5.66 Å². The monoisotopic (exact) mass is 337 g/mol. The van der Waals surface area contributed by atoms with Gasteiger partial charge in [-0.1, -0.05) is 43.9 Å². The van der Waals surface area contributed by atoms with Crippen molar-refractivity contribution in [3.05, 3.63) is 29.8 Å². The number of nitrogens with two attached hydrogens (primary N) is 2. The summed E-state index contributed by atoms with van der Waals surface area (Å²) >= 11 is 0. The molecule has 128 valence electrons. The van der Waals surface area contributed by atoms with Gasteiger partial charge in [-0.05, 0) is 32.4 Å². The molecule has 23 heavy (non-hydrogen) atoms. The van der Waals surface area contributed by atoms with E-state index in [1.54, 1.807) is 0 Å². The maximum Gasteiger partial charge on any atom is 0.357 e. The number of unbranched alkanes of at least 4 members (excludes halogenated alkanes) is 3. The number of rotatable bonds is 6. The minimum Gasteiger partial charge on any atom is -1.00 e. The molecule has 0 saturated heterocycles. The maximum atomic E-state index is 6.22. The molecule has 0 aliphatic carbocycles. The molecule has 1 aliphatic heterocycles. The number of aliphatic imine (C=N–C) groups is 1. The van der Waals surface area contributed by atoms with Gasteiger partial charge in [0.25, 0.3) is 5.96 Å². The zero-order valence-corrected chi connectivity index (χ0v) is 15.0. The van der Waals surface area contributed by atoms with E-state index in [1.165, 1.54) is 24.8 Å². The number of guanidine groups is 2. The molecule has 5 N–H and O–H groups in total. The van der Waals surface area contributed by atoms with Crippen molar-refractivity contribution in [2.24, 2.45) is 16.5 Å². The van der Waals surface area contributed by atoms with Crippen molar-refractivity contribution in [3.8, 4) is 0 Å². The Morgan fingerprint density at radius 2 is 1.78 bits per heavy atom. The Morgan fingerprint density at radius 3 is 2.39 bits per heavy atom. The fourth-order valence-corrected chi connectivity index (χ4v) is 2.95. The molecule has 0 spiro atoms. The van der Waals surface area contributed by atoms with Crippen LogP contribution in [0.3, 0.4) is 0 Å². The maximum absolute atomic E-state index is 6.22. The third kappa shape index (κ3) is 4.61. The second-order valence-corrected chi connectivity index (χ2v) is 6.21. The SMILES string of the molecule is CCCCCCC1(C)N=C(N)NC(N)=[N+]1c1ccc(C)cc1.[Cl-]. The summed E-state index contributed by atoms with van der Waals surface area (Å²) in [5.74, 6) is 0.924. The van der Waals surface area contributed by atoms with Crippen LogP contribution < -0.4 is 29.2 Å². The molecule has 1 aromatic rings. The smallest absolute Gasteiger partial charge is 0.357 e. The number of benzene rings is 1. The first kappa shape index (κ1) is 19.3. The highest BCUT2D eigenvalue weighted by molar-refractivity contribution is 5.96. The lowest BCUT2D eigenvalue weighted by Crippen LogP contribution is -3.00. The molecule has 1 aromatic carbocycles. The van der Waals surface area contributed by atoms with Crippen LogP contribution in [0.25, 0.3) is 0 Å². The van der Waals surface area contributed by atoms with Crippen LogP contribution in [-0.2, 0) is 0 Å². The van der Waals surface area contributed by atoms with Gasteiger partial charge in [0.1, 0.15) is 5.69 Å². The highest BCUT2D eigenvalue weighted by Gasteiger charge is 2.38. The number of hydrogen-bond acceptors (Lipinski definition) is 4. The van der Waals surface area contributed by atoms with Gasteiger partial charge < -0.3 is 18.1 Å². The number of halogens is 1. The first-order valence-electron chi connectivity index (χ1n) is 8.08. The van der Waals surface area contributed by atoms with Gasteiger partial charge in [0.2, 0.25) is 0 Å². The van der Waals surface area contributed by atoms with E-state index >= 15 is 0 Å². The molecule has 2 rings (SSSR count). The van der Waals surface area contributed by atoms with Crippen LogP contribution >= 0.6 is 0 Å². The van der Waals surface area contributed by atoms with Crippen LogP contribution in [0, 0.1) is 6.92 Å². The van der Waals surface area contributed by atoms with E-state index in [-0.39, 0.29) is 12.4 Å². The van der Waals surface area contributed by atoms with Crippen molar-refractivity contribution < 1.29 is 17.0 Å². The van der Waals surface area contributed by atoms with Crippen LogP contribution in [-0.4, -0.2) is 22.2 Å². The Balaban J connectivity index is 0.00000264. The number of nitrogens with zero attached hydrogens (tertiary/aromatic N) is 2. The predicted molar refractivity (Wildman–Crippen MR) is 92.2 cm³/mol. The van der Waals surface area contributed by atoms with Crippen LogP contribution in [0.15, 0.2) is 29.3 Å². The van der Waals surface area contributed by atoms with Gasteiger partial charge in [-0.25, -0.2) is 9.89 Å². The number of nitrogens with one attached hydrogen (secondary N) is 1. The second-order valence-electron chi connectivity index (χ2n) is 6.21. The predicted octanol–water partition coefficient (Wildman–Crippen LogP) is -0.438. The molecule has 0 amide bonds. The standard InChI is InChI=1S/C17H27N5.ClH/c1-4-5-6-7-12-17(3)21-15(18)20-16(19)22(17)14-10-8-13(2)9-11-14;/h8-11H,4-7,12H2,1-3H3,(H4,18,19,20,21);1H. The van der Waals surface area contributed by atoms with E-state index in [2.05, 4.69) is 59.9 Å². The molecule has 5 nitrogen and oxygen atoms in total. The Bertz CT molecular complexity index is 579. The molecule has 0 aromatic heterocycles. The average molecular weight is 338 g/mol. The zero-order valence-electron chi connectivity index (χ0n) is 14.3. The largest absolute Gasteiger partial charge is 1.00 e. The molecule has 1 heterocycles. The van der Waals surface area contributed by atoms with E-state index in [4.69, 9.17) is 11.5 Å². The summed E-state index contributed by atoms with van der Waals surface area (Å²) in [6.07, 6.45) is 5.70. The summed E-state index contributed by atoms with van der Waals surface area (Å²) in [7, 11) is 0. The lowest BCUT2D eigenvalue weighted by Gasteiger charge is -2.31. The van der Waals surface area contributed by atoms with Crippen molar-refractivity contribution in [1.82, 2.24) is 5.32 Å². The molecule has 0 radical (unpaired) electrons. The Labute approximate surface area is 145 Å². The molecule has 1 unspecified atom stereocenters. The van der Waals surface area contributed by atoms with Crippen molar-refractivity contribution in [2.75, 3.05) is 0 Å². The van der Waals surface area contributed by atoms with Gasteiger partial charge in [-0.15, -0.1) is 0 Å². The first-order valence-corrected chi connectivity index (χ1v) is 8.08. The van der Waals surface area contributed by atoms with Crippen molar-refractivity contribution in [1.29, 1.82) is 0 Å². The van der Waals surface area contributed by atoms with Gasteiger partial charge in [0, 0.05) is 6.42 Å². The number of hydrogen-bond donors (Lipinski definition) is 3. The summed E-state index contributed by atoms with van der Waals surface area (Å²) in [5.41, 5.74) is 13.9. The van der Waals surface area contributed by atoms with Gasteiger partial charge in [-0.2, -0.15) is 4.99 Å². The first-order chi connectivity index (χ1) is 10.5. The van der Waals surface area contributed by atoms with Crippen molar-refractivity contribution in [3.63, 3.8) is 0 Å². The Morgan fingerprint density at radius 1 is 1.13 bits per heavy atom. The topological polar surface area (TPSA) is 79.4 Å². The third-order valence-corrected chi connectivity index (χ3v) is 4.14. The minimum absolute atomic E-state index is 0. The van der Waals surface area contributed by atoms with E-state index in [9.17, 15) is 0 Å². The van der Waals surface area contributed by atoms with Crippen LogP contribution in [0.2, 0.25) is 0 Å². The lowest BCUT2D eigenvalue weighted by molar-refractivity contribution is -0.534. The van der Waals surface area contributed by atoms with Crippen LogP contribution in [0.5, 0.6) is 0 Å². The molecular weight excluding hydrogens is 310 g/mol. The highest BCUT2D eigenvalue weighted by Crippen LogP contribution is 2.29. The molecule has 1 atom stereocenters. The highest BCUT2D eigenvalue weighted by atomic mass is 35.5. The van der Waals surface area contributed by atoms with Crippen molar-refractivity contribution in [2.45, 2.75) is 58.5 Å². The summed E-state index contributed by atoms with van der Waals surface area (Å²) in [4.78, 5) is 4.65. The molecular formula is C17H28ClN5. The Kier molecular flexibility index (Phi) is 6.88. The Hall–Kier alpha value is -1.75. The molecule has 0 fully saturated rings. The summed E-state index contributed by atoms with van der Waals surface area (Å²) < 4.78 is 2.05. The third-order valence-electron chi connectivity index (χ3n) is 4.14. The second kappa shape index (κ2) is 8.20. The lowest BCUT2D eigenvalue weighted by atomic mass is 10.0. The average Bonchev–Trinajstić information content (AvgIpc) is 2.45. The summed E-state index contributed by atoms with van der Waals surface area (Å²) in [5, 5.41) is 2.95. The number of aryl methyl sites for hydroxylation is 1. The fourth-order valence-electron chi connectivity index (χ4n) is 2.95.